The summed E-state index contributed by atoms with van der Waals surface area (Å²) in [7, 11) is 3.37. The van der Waals surface area contributed by atoms with Crippen LogP contribution in [-0.2, 0) is 16.6 Å². The van der Waals surface area contributed by atoms with E-state index in [0.29, 0.717) is 24.0 Å². The molecule has 150 valence electrons. The number of alkyl halides is 1. The van der Waals surface area contributed by atoms with Gasteiger partial charge >= 0.3 is 5.69 Å². The maximum atomic E-state index is 14.5. The maximum Gasteiger partial charge on any atom is 0.330 e. The highest BCUT2D eigenvalue weighted by molar-refractivity contribution is 6.07. The standard InChI is InChI=1S/C19H24FN5O3/c1-21-12-7-9-24(10-11(12)20)13-4-3-5-14-16(13)23(2)19(28)25(14)17-15(26)6-8-22-18(17)27/h3-5,11-12,17,21H,6-10H2,1-2H3,(H,22,27). The summed E-state index contributed by atoms with van der Waals surface area (Å²) < 4.78 is 17.2. The number of Topliss-reactive ketones (excluding diaryl/α,β-unsaturated/α-hetero) is 1. The van der Waals surface area contributed by atoms with Crippen molar-refractivity contribution in [2.75, 3.05) is 31.6 Å². The fourth-order valence-corrected chi connectivity index (χ4v) is 4.32. The Morgan fingerprint density at radius 2 is 2.04 bits per heavy atom. The Hall–Kier alpha value is -2.68. The smallest absolute Gasteiger partial charge is 0.330 e. The van der Waals surface area contributed by atoms with Crippen molar-refractivity contribution in [2.45, 2.75) is 31.1 Å². The molecule has 3 unspecified atom stereocenters. The molecule has 1 aromatic carbocycles. The minimum absolute atomic E-state index is 0.188. The van der Waals surface area contributed by atoms with E-state index in [1.807, 2.05) is 11.0 Å². The van der Waals surface area contributed by atoms with Crippen LogP contribution in [0.2, 0.25) is 0 Å². The van der Waals surface area contributed by atoms with Crippen molar-refractivity contribution in [1.82, 2.24) is 19.8 Å². The number of hydrogen-bond donors (Lipinski definition) is 2. The minimum atomic E-state index is -1.16. The monoisotopic (exact) mass is 389 g/mol. The maximum absolute atomic E-state index is 14.5. The first-order chi connectivity index (χ1) is 13.4. The second kappa shape index (κ2) is 7.05. The second-order valence-electron chi connectivity index (χ2n) is 7.41. The zero-order valence-corrected chi connectivity index (χ0v) is 15.9. The molecular formula is C19H24FN5O3. The zero-order chi connectivity index (χ0) is 20.0. The first-order valence-electron chi connectivity index (χ1n) is 9.50. The van der Waals surface area contributed by atoms with Crippen LogP contribution in [-0.4, -0.2) is 59.7 Å². The number of amides is 1. The van der Waals surface area contributed by atoms with Crippen LogP contribution < -0.4 is 21.2 Å². The van der Waals surface area contributed by atoms with Crippen LogP contribution in [0.25, 0.3) is 11.0 Å². The van der Waals surface area contributed by atoms with Crippen molar-refractivity contribution in [3.8, 4) is 0 Å². The predicted molar refractivity (Wildman–Crippen MR) is 103 cm³/mol. The molecule has 4 rings (SSSR count). The Kier molecular flexibility index (Phi) is 4.70. The van der Waals surface area contributed by atoms with Crippen molar-refractivity contribution in [1.29, 1.82) is 0 Å². The van der Waals surface area contributed by atoms with E-state index in [9.17, 15) is 18.8 Å². The van der Waals surface area contributed by atoms with Gasteiger partial charge in [0.2, 0.25) is 0 Å². The van der Waals surface area contributed by atoms with Crippen LogP contribution in [0.5, 0.6) is 0 Å². The second-order valence-corrected chi connectivity index (χ2v) is 7.41. The summed E-state index contributed by atoms with van der Waals surface area (Å²) in [5.74, 6) is -0.739. The van der Waals surface area contributed by atoms with Gasteiger partial charge in [-0.15, -0.1) is 0 Å². The number of ketones is 1. The van der Waals surface area contributed by atoms with Gasteiger partial charge < -0.3 is 15.5 Å². The van der Waals surface area contributed by atoms with E-state index < -0.39 is 23.8 Å². The van der Waals surface area contributed by atoms with Crippen LogP contribution in [0.1, 0.15) is 18.9 Å². The van der Waals surface area contributed by atoms with Gasteiger partial charge in [-0.05, 0) is 25.6 Å². The van der Waals surface area contributed by atoms with Crippen LogP contribution in [0.15, 0.2) is 23.0 Å². The van der Waals surface area contributed by atoms with Crippen LogP contribution in [0.4, 0.5) is 10.1 Å². The number of nitrogens with one attached hydrogen (secondary N) is 2. The van der Waals surface area contributed by atoms with Gasteiger partial charge in [0.05, 0.1) is 23.3 Å². The lowest BCUT2D eigenvalue weighted by Gasteiger charge is -2.36. The number of benzene rings is 1. The largest absolute Gasteiger partial charge is 0.367 e. The number of anilines is 1. The zero-order valence-electron chi connectivity index (χ0n) is 15.9. The lowest BCUT2D eigenvalue weighted by Crippen LogP contribution is -2.50. The highest BCUT2D eigenvalue weighted by Crippen LogP contribution is 2.31. The number of hydrogen-bond acceptors (Lipinski definition) is 5. The van der Waals surface area contributed by atoms with Crippen LogP contribution in [0.3, 0.4) is 0 Å². The fourth-order valence-electron chi connectivity index (χ4n) is 4.32. The fraction of sp³-hybridized carbons (Fsp3) is 0.526. The van der Waals surface area contributed by atoms with E-state index in [2.05, 4.69) is 10.6 Å². The van der Waals surface area contributed by atoms with Crippen molar-refractivity contribution >= 4 is 28.4 Å². The van der Waals surface area contributed by atoms with Gasteiger partial charge in [-0.25, -0.2) is 9.18 Å². The van der Waals surface area contributed by atoms with Gasteiger partial charge in [-0.1, -0.05) is 6.07 Å². The van der Waals surface area contributed by atoms with Gasteiger partial charge in [0.15, 0.2) is 11.8 Å². The molecule has 3 heterocycles. The molecule has 2 N–H and O–H groups in total. The summed E-state index contributed by atoms with van der Waals surface area (Å²) in [4.78, 5) is 39.6. The molecule has 0 aliphatic carbocycles. The molecule has 2 saturated heterocycles. The van der Waals surface area contributed by atoms with Crippen molar-refractivity contribution in [3.05, 3.63) is 28.7 Å². The van der Waals surface area contributed by atoms with E-state index in [4.69, 9.17) is 0 Å². The molecule has 2 aromatic rings. The Bertz CT molecular complexity index is 981. The summed E-state index contributed by atoms with van der Waals surface area (Å²) in [5, 5.41) is 5.66. The average molecular weight is 389 g/mol. The first-order valence-corrected chi connectivity index (χ1v) is 9.50. The lowest BCUT2D eigenvalue weighted by atomic mass is 10.0. The molecule has 28 heavy (non-hydrogen) atoms. The van der Waals surface area contributed by atoms with Crippen molar-refractivity contribution in [2.24, 2.45) is 7.05 Å². The van der Waals surface area contributed by atoms with E-state index >= 15 is 0 Å². The van der Waals surface area contributed by atoms with Gasteiger partial charge in [-0.3, -0.25) is 18.7 Å². The third kappa shape index (κ3) is 2.81. The Morgan fingerprint density at radius 1 is 1.25 bits per heavy atom. The molecule has 2 aliphatic heterocycles. The SMILES string of the molecule is CNC1CCN(c2cccc3c2n(C)c(=O)n3C2C(=O)CCNC2=O)CC1F. The summed E-state index contributed by atoms with van der Waals surface area (Å²) in [6.07, 6.45) is -0.189. The lowest BCUT2D eigenvalue weighted by molar-refractivity contribution is -0.135. The summed E-state index contributed by atoms with van der Waals surface area (Å²) in [6.45, 7) is 1.15. The van der Waals surface area contributed by atoms with E-state index in [1.165, 1.54) is 9.13 Å². The third-order valence-electron chi connectivity index (χ3n) is 5.82. The molecule has 0 saturated carbocycles. The average Bonchev–Trinajstić information content (AvgIpc) is 2.93. The number of imidazole rings is 1. The number of rotatable bonds is 3. The van der Waals surface area contributed by atoms with Crippen molar-refractivity contribution in [3.63, 3.8) is 0 Å². The Labute approximate surface area is 161 Å². The number of carbonyl (C=O) groups excluding carboxylic acids is 2. The number of nitrogens with zero attached hydrogens (tertiary/aromatic N) is 3. The van der Waals surface area contributed by atoms with E-state index in [1.54, 1.807) is 26.2 Å². The number of fused-ring (bicyclic) bond motifs is 1. The molecule has 8 nitrogen and oxygen atoms in total. The first kappa shape index (κ1) is 18.7. The Balaban J connectivity index is 1.83. The van der Waals surface area contributed by atoms with Gasteiger partial charge in [-0.2, -0.15) is 0 Å². The number of piperidine rings is 2. The van der Waals surface area contributed by atoms with E-state index in [0.717, 1.165) is 5.69 Å². The molecular weight excluding hydrogens is 365 g/mol. The molecule has 1 amide bonds. The number of para-hydroxylation sites is 1. The third-order valence-corrected chi connectivity index (χ3v) is 5.82. The highest BCUT2D eigenvalue weighted by atomic mass is 19.1. The molecule has 0 spiro atoms. The molecule has 2 aliphatic rings. The molecule has 9 heteroatoms. The quantitative estimate of drug-likeness (QED) is 0.728. The molecule has 1 aromatic heterocycles. The number of aryl methyl sites for hydroxylation is 1. The van der Waals surface area contributed by atoms with Gasteiger partial charge in [0.25, 0.3) is 5.91 Å². The topological polar surface area (TPSA) is 88.4 Å². The number of halogens is 1. The highest BCUT2D eigenvalue weighted by Gasteiger charge is 2.36. The van der Waals surface area contributed by atoms with Crippen molar-refractivity contribution < 1.29 is 14.0 Å². The van der Waals surface area contributed by atoms with Gasteiger partial charge in [0.1, 0.15) is 6.17 Å². The molecule has 0 bridgehead atoms. The number of carbonyl (C=O) groups is 2. The summed E-state index contributed by atoms with van der Waals surface area (Å²) in [5.41, 5.74) is 1.41. The predicted octanol–water partition coefficient (Wildman–Crippen LogP) is 0.106. The summed E-state index contributed by atoms with van der Waals surface area (Å²) >= 11 is 0. The van der Waals surface area contributed by atoms with E-state index in [-0.39, 0.29) is 31.3 Å². The Morgan fingerprint density at radius 3 is 2.71 bits per heavy atom. The molecule has 2 fully saturated rings. The normalized spacial score (nSPS) is 26.0. The van der Waals surface area contributed by atoms with Crippen LogP contribution >= 0.6 is 0 Å². The minimum Gasteiger partial charge on any atom is -0.367 e. The summed E-state index contributed by atoms with van der Waals surface area (Å²) in [6, 6.07) is 4.00. The molecule has 0 radical (unpaired) electrons. The number of aromatic nitrogens is 2. The van der Waals surface area contributed by atoms with Gasteiger partial charge in [0, 0.05) is 32.6 Å². The van der Waals surface area contributed by atoms with Crippen LogP contribution in [0, 0.1) is 0 Å². The molecule has 3 atom stereocenters.